The second-order valence-electron chi connectivity index (χ2n) is 6.87. The summed E-state index contributed by atoms with van der Waals surface area (Å²) >= 11 is 0. The van der Waals surface area contributed by atoms with E-state index >= 15 is 0 Å². The number of hydrogen-bond acceptors (Lipinski definition) is 1. The third-order valence-corrected chi connectivity index (χ3v) is 8.69. The first-order valence-electron chi connectivity index (χ1n) is 7.97. The standard InChI is InChI=1S/C18H26NOSi/c1-13-11-17-18(15(3)14(13)2)20-12-19(21(17,4)5)16-9-7-6-8-10-16/h7,9,11H,6,8,10,12H2,1-5H3/q+1/b19-16+. The molecule has 3 rings (SSSR count). The zero-order chi connectivity index (χ0) is 15.2. The first-order chi connectivity index (χ1) is 9.93. The first kappa shape index (κ1) is 14.6. The molecule has 1 aliphatic carbocycles. The molecule has 2 nitrogen and oxygen atoms in total. The maximum absolute atomic E-state index is 6.20. The number of rotatable bonds is 0. The minimum atomic E-state index is -1.69. The highest BCUT2D eigenvalue weighted by atomic mass is 28.3. The molecule has 1 aromatic carbocycles. The van der Waals surface area contributed by atoms with Crippen molar-refractivity contribution in [3.8, 4) is 5.75 Å². The second-order valence-corrected chi connectivity index (χ2v) is 11.1. The average Bonchev–Trinajstić information content (AvgIpc) is 2.47. The SMILES string of the molecule is Cc1cc2c(c(C)c1C)OC/[N+](=C1/C=CCCC1)[Si]2(C)C. The zero-order valence-electron chi connectivity index (χ0n) is 13.9. The number of nitrogens with zero attached hydrogens (tertiary/aromatic N) is 1. The molecule has 3 heteroatoms. The second kappa shape index (κ2) is 5.13. The Morgan fingerprint density at radius 2 is 1.90 bits per heavy atom. The van der Waals surface area contributed by atoms with Crippen LogP contribution in [-0.2, 0) is 0 Å². The highest BCUT2D eigenvalue weighted by Crippen LogP contribution is 2.29. The van der Waals surface area contributed by atoms with Crippen molar-refractivity contribution in [3.63, 3.8) is 0 Å². The van der Waals surface area contributed by atoms with Crippen LogP contribution in [0.1, 0.15) is 36.0 Å². The third kappa shape index (κ3) is 2.28. The van der Waals surface area contributed by atoms with Gasteiger partial charge >= 0.3 is 8.24 Å². The maximum atomic E-state index is 6.20. The lowest BCUT2D eigenvalue weighted by Crippen LogP contribution is -2.59. The molecule has 0 atom stereocenters. The molecular formula is C18H26NOSi+. The summed E-state index contributed by atoms with van der Waals surface area (Å²) in [5.41, 5.74) is 5.56. The molecule has 0 N–H and O–H groups in total. The molecular weight excluding hydrogens is 274 g/mol. The molecule has 0 bridgehead atoms. The summed E-state index contributed by atoms with van der Waals surface area (Å²) in [7, 11) is -1.69. The summed E-state index contributed by atoms with van der Waals surface area (Å²) < 4.78 is 8.77. The lowest BCUT2D eigenvalue weighted by atomic mass is 10.0. The van der Waals surface area contributed by atoms with Crippen molar-refractivity contribution in [2.75, 3.05) is 6.73 Å². The van der Waals surface area contributed by atoms with Crippen LogP contribution in [0.15, 0.2) is 18.2 Å². The van der Waals surface area contributed by atoms with E-state index in [-0.39, 0.29) is 0 Å². The van der Waals surface area contributed by atoms with Crippen molar-refractivity contribution < 1.29 is 8.98 Å². The molecule has 0 spiro atoms. The average molecular weight is 300 g/mol. The number of aryl methyl sites for hydroxylation is 1. The van der Waals surface area contributed by atoms with E-state index in [1.54, 1.807) is 0 Å². The summed E-state index contributed by atoms with van der Waals surface area (Å²) in [5, 5.41) is 1.46. The molecule has 1 aromatic rings. The van der Waals surface area contributed by atoms with Gasteiger partial charge in [-0.2, -0.15) is 0 Å². The molecule has 1 aliphatic heterocycles. The largest absolute Gasteiger partial charge is 0.438 e. The van der Waals surface area contributed by atoms with Crippen molar-refractivity contribution >= 4 is 19.1 Å². The van der Waals surface area contributed by atoms with E-state index in [9.17, 15) is 0 Å². The predicted molar refractivity (Wildman–Crippen MR) is 91.5 cm³/mol. The lowest BCUT2D eigenvalue weighted by Gasteiger charge is -2.31. The molecule has 0 fully saturated rings. The van der Waals surface area contributed by atoms with E-state index in [1.165, 1.54) is 46.9 Å². The van der Waals surface area contributed by atoms with Gasteiger partial charge < -0.3 is 4.74 Å². The number of hydrogen-bond donors (Lipinski definition) is 0. The van der Waals surface area contributed by atoms with Gasteiger partial charge in [-0.05, 0) is 75.5 Å². The van der Waals surface area contributed by atoms with E-state index in [1.807, 2.05) is 0 Å². The van der Waals surface area contributed by atoms with Crippen molar-refractivity contribution in [3.05, 3.63) is 34.9 Å². The zero-order valence-corrected chi connectivity index (χ0v) is 14.9. The minimum absolute atomic E-state index is 0.717. The molecule has 1 heterocycles. The Hall–Kier alpha value is -1.35. The third-order valence-electron chi connectivity index (χ3n) is 5.23. The van der Waals surface area contributed by atoms with Gasteiger partial charge in [0, 0.05) is 11.6 Å². The van der Waals surface area contributed by atoms with Crippen LogP contribution in [0.4, 0.5) is 0 Å². The van der Waals surface area contributed by atoms with E-state index in [2.05, 4.69) is 56.3 Å². The van der Waals surface area contributed by atoms with Crippen LogP contribution >= 0.6 is 0 Å². The Bertz CT molecular complexity index is 656. The van der Waals surface area contributed by atoms with Gasteiger partial charge in [-0.15, -0.1) is 0 Å². The lowest BCUT2D eigenvalue weighted by molar-refractivity contribution is -0.442. The minimum Gasteiger partial charge on any atom is -0.438 e. The summed E-state index contributed by atoms with van der Waals surface area (Å²) in [5.74, 6) is 1.16. The monoisotopic (exact) mass is 300 g/mol. The Kier molecular flexibility index (Phi) is 3.56. The van der Waals surface area contributed by atoms with Crippen LogP contribution in [-0.4, -0.2) is 24.9 Å². The smallest absolute Gasteiger partial charge is 0.391 e. The van der Waals surface area contributed by atoms with Gasteiger partial charge in [-0.25, -0.2) is 0 Å². The van der Waals surface area contributed by atoms with Crippen molar-refractivity contribution in [1.82, 2.24) is 0 Å². The van der Waals surface area contributed by atoms with Crippen LogP contribution in [0.2, 0.25) is 13.1 Å². The van der Waals surface area contributed by atoms with Gasteiger partial charge in [-0.1, -0.05) is 6.08 Å². The predicted octanol–water partition coefficient (Wildman–Crippen LogP) is 3.57. The molecule has 2 aliphatic rings. The first-order valence-corrected chi connectivity index (χ1v) is 10.9. The molecule has 0 radical (unpaired) electrons. The number of fused-ring (bicyclic) bond motifs is 1. The molecule has 0 saturated heterocycles. The van der Waals surface area contributed by atoms with Crippen LogP contribution in [0, 0.1) is 20.8 Å². The van der Waals surface area contributed by atoms with Crippen LogP contribution in [0.25, 0.3) is 0 Å². The van der Waals surface area contributed by atoms with Gasteiger partial charge in [0.1, 0.15) is 5.75 Å². The highest BCUT2D eigenvalue weighted by molar-refractivity contribution is 6.84. The molecule has 0 amide bonds. The molecule has 112 valence electrons. The summed E-state index contributed by atoms with van der Waals surface area (Å²) in [4.78, 5) is 0. The van der Waals surface area contributed by atoms with Crippen LogP contribution < -0.4 is 9.92 Å². The Labute approximate surface area is 129 Å². The fraction of sp³-hybridized carbons (Fsp3) is 0.500. The fourth-order valence-electron chi connectivity index (χ4n) is 3.51. The quantitative estimate of drug-likeness (QED) is 0.667. The van der Waals surface area contributed by atoms with E-state index < -0.39 is 8.24 Å². The molecule has 0 aromatic heterocycles. The maximum Gasteiger partial charge on any atom is 0.391 e. The van der Waals surface area contributed by atoms with E-state index in [0.717, 1.165) is 12.5 Å². The Morgan fingerprint density at radius 3 is 2.57 bits per heavy atom. The number of benzene rings is 1. The molecule has 21 heavy (non-hydrogen) atoms. The van der Waals surface area contributed by atoms with Crippen LogP contribution in [0.5, 0.6) is 5.75 Å². The Morgan fingerprint density at radius 1 is 1.14 bits per heavy atom. The highest BCUT2D eigenvalue weighted by Gasteiger charge is 2.47. The van der Waals surface area contributed by atoms with Gasteiger partial charge in [-0.3, -0.25) is 4.24 Å². The topological polar surface area (TPSA) is 12.2 Å². The van der Waals surface area contributed by atoms with E-state index in [4.69, 9.17) is 4.74 Å². The fourth-order valence-corrected chi connectivity index (χ4v) is 6.47. The van der Waals surface area contributed by atoms with Gasteiger partial charge in [0.05, 0.1) is 0 Å². The number of ether oxygens (including phenoxy) is 1. The summed E-state index contributed by atoms with van der Waals surface area (Å²) in [6, 6.07) is 2.38. The summed E-state index contributed by atoms with van der Waals surface area (Å²) in [6.07, 6.45) is 8.31. The van der Waals surface area contributed by atoms with Gasteiger partial charge in [0.2, 0.25) is 0 Å². The van der Waals surface area contributed by atoms with Crippen LogP contribution in [0.3, 0.4) is 0 Å². The number of allylic oxidation sites excluding steroid dienone is 2. The van der Waals surface area contributed by atoms with E-state index in [0.29, 0.717) is 0 Å². The van der Waals surface area contributed by atoms with Crippen molar-refractivity contribution in [2.45, 2.75) is 53.1 Å². The van der Waals surface area contributed by atoms with Gasteiger partial charge in [0.25, 0.3) is 6.73 Å². The summed E-state index contributed by atoms with van der Waals surface area (Å²) in [6.45, 7) is 12.3. The van der Waals surface area contributed by atoms with Crippen molar-refractivity contribution in [1.29, 1.82) is 0 Å². The molecule has 0 saturated carbocycles. The Balaban J connectivity index is 2.19. The normalized spacial score (nSPS) is 23.7. The van der Waals surface area contributed by atoms with Gasteiger partial charge in [0.15, 0.2) is 5.71 Å². The van der Waals surface area contributed by atoms with Crippen molar-refractivity contribution in [2.24, 2.45) is 0 Å². The molecule has 0 unspecified atom stereocenters.